The van der Waals surface area contributed by atoms with Gasteiger partial charge in [-0.1, -0.05) is 220 Å². The summed E-state index contributed by atoms with van der Waals surface area (Å²) in [4.78, 5) is 32.0. The summed E-state index contributed by atoms with van der Waals surface area (Å²) in [6.45, 7) is 5.90. The van der Waals surface area contributed by atoms with Crippen molar-refractivity contribution in [2.75, 3.05) is 6.61 Å². The number of primary amides is 1. The number of carbonyl (C=O) groups excluding carboxylic acids is 1. The number of aliphatic carboxylic acids is 2. The van der Waals surface area contributed by atoms with E-state index < -0.39 is 48.4 Å². The maximum atomic E-state index is 11.6. The summed E-state index contributed by atoms with van der Waals surface area (Å²) in [6.07, 6.45) is 36.5. The van der Waals surface area contributed by atoms with Gasteiger partial charge in [0.2, 0.25) is 0 Å². The van der Waals surface area contributed by atoms with Gasteiger partial charge < -0.3 is 41.5 Å². The highest BCUT2D eigenvalue weighted by Crippen LogP contribution is 2.24. The minimum absolute atomic E-state index is 0.100. The topological polar surface area (TPSA) is 219 Å². The molecule has 4 atom stereocenters. The zero-order chi connectivity index (χ0) is 44.8. The number of carbonyl (C=O) groups is 3. The number of unbranched alkanes of at least 4 members (excludes halogenated alkanes) is 31. The number of aliphatic hydroxyl groups excluding tert-OH is 4. The second kappa shape index (κ2) is 47.3. The van der Waals surface area contributed by atoms with Crippen molar-refractivity contribution >= 4 is 17.8 Å². The van der Waals surface area contributed by atoms with Crippen LogP contribution in [0.1, 0.15) is 258 Å². The Hall–Kier alpha value is -1.79. The number of hydrogen-bond acceptors (Lipinski definition) is 8. The van der Waals surface area contributed by atoms with Gasteiger partial charge in [-0.15, -0.1) is 0 Å². The highest BCUT2D eigenvalue weighted by Gasteiger charge is 2.46. The fourth-order valence-corrected chi connectivity index (χ4v) is 7.13. The lowest BCUT2D eigenvalue weighted by molar-refractivity contribution is -0.175. The molecule has 0 bridgehead atoms. The van der Waals surface area contributed by atoms with Crippen LogP contribution in [0, 0.1) is 0 Å². The second-order valence-corrected chi connectivity index (χ2v) is 17.0. The summed E-state index contributed by atoms with van der Waals surface area (Å²) in [5, 5.41) is 65.4. The molecule has 0 rings (SSSR count). The predicted octanol–water partition coefficient (Wildman–Crippen LogP) is 10.9. The third kappa shape index (κ3) is 44.1. The molecule has 11 heteroatoms. The molecule has 0 aliphatic rings. The molecule has 0 aromatic carbocycles. The van der Waals surface area contributed by atoms with Crippen LogP contribution in [0.25, 0.3) is 0 Å². The molecule has 0 aliphatic heterocycles. The van der Waals surface area contributed by atoms with Gasteiger partial charge in [-0.25, -0.2) is 0 Å². The lowest BCUT2D eigenvalue weighted by atomic mass is 9.85. The Kier molecular flexibility index (Phi) is 49.3. The van der Waals surface area contributed by atoms with Crippen molar-refractivity contribution in [1.29, 1.82) is 0 Å². The van der Waals surface area contributed by atoms with Gasteiger partial charge in [-0.3, -0.25) is 14.4 Å². The summed E-state index contributed by atoms with van der Waals surface area (Å²) >= 11 is 0. The molecule has 0 aromatic rings. The molecule has 0 heterocycles. The van der Waals surface area contributed by atoms with E-state index in [1.807, 2.05) is 0 Å². The summed E-state index contributed by atoms with van der Waals surface area (Å²) < 4.78 is 0. The number of aliphatic hydroxyl groups is 5. The largest absolute Gasteiger partial charge is 0.481 e. The Morgan fingerprint density at radius 1 is 0.441 bits per heavy atom. The number of hydrogen-bond donors (Lipinski definition) is 8. The fourth-order valence-electron chi connectivity index (χ4n) is 7.13. The van der Waals surface area contributed by atoms with Gasteiger partial charge in [0.25, 0.3) is 5.91 Å². The van der Waals surface area contributed by atoms with Gasteiger partial charge in [0.1, 0.15) is 18.3 Å². The van der Waals surface area contributed by atoms with Crippen molar-refractivity contribution in [1.82, 2.24) is 0 Å². The van der Waals surface area contributed by atoms with Gasteiger partial charge in [-0.2, -0.15) is 0 Å². The highest BCUT2D eigenvalue weighted by atomic mass is 16.4. The average molecular weight is 848 g/mol. The quantitative estimate of drug-likeness (QED) is 0.0272. The molecule has 0 saturated heterocycles. The van der Waals surface area contributed by atoms with E-state index in [1.165, 1.54) is 167 Å². The van der Waals surface area contributed by atoms with E-state index in [2.05, 4.69) is 20.8 Å². The Morgan fingerprint density at radius 3 is 0.898 bits per heavy atom. The van der Waals surface area contributed by atoms with Gasteiger partial charge in [-0.05, 0) is 25.7 Å². The summed E-state index contributed by atoms with van der Waals surface area (Å²) in [6, 6.07) is 0. The minimum atomic E-state index is -2.33. The first-order chi connectivity index (χ1) is 28.3. The van der Waals surface area contributed by atoms with Crippen LogP contribution in [0.2, 0.25) is 0 Å². The van der Waals surface area contributed by atoms with Crippen LogP contribution in [0.3, 0.4) is 0 Å². The van der Waals surface area contributed by atoms with E-state index in [1.54, 1.807) is 0 Å². The van der Waals surface area contributed by atoms with Gasteiger partial charge in [0.15, 0.2) is 5.60 Å². The van der Waals surface area contributed by atoms with E-state index in [-0.39, 0.29) is 6.42 Å². The first kappa shape index (κ1) is 61.5. The molecular formula is C48H97NO10. The first-order valence-electron chi connectivity index (χ1n) is 24.5. The van der Waals surface area contributed by atoms with E-state index in [0.717, 1.165) is 44.9 Å². The van der Waals surface area contributed by atoms with Crippen LogP contribution >= 0.6 is 0 Å². The molecule has 0 aliphatic carbocycles. The van der Waals surface area contributed by atoms with Crippen molar-refractivity contribution in [3.05, 3.63) is 0 Å². The van der Waals surface area contributed by atoms with E-state index in [9.17, 15) is 34.8 Å². The molecule has 0 spiro atoms. The lowest BCUT2D eigenvalue weighted by Gasteiger charge is -2.34. The molecular weight excluding hydrogens is 751 g/mol. The van der Waals surface area contributed by atoms with Crippen molar-refractivity contribution in [3.8, 4) is 0 Å². The Bertz CT molecular complexity index is 875. The van der Waals surface area contributed by atoms with Crippen LogP contribution in [-0.2, 0) is 14.4 Å². The molecule has 59 heavy (non-hydrogen) atoms. The third-order valence-electron chi connectivity index (χ3n) is 11.2. The summed E-state index contributed by atoms with van der Waals surface area (Å²) in [5.41, 5.74) is 2.89. The van der Waals surface area contributed by atoms with E-state index in [0.29, 0.717) is 19.3 Å². The Balaban J connectivity index is -0.000000924. The predicted molar refractivity (Wildman–Crippen MR) is 242 cm³/mol. The zero-order valence-electron chi connectivity index (χ0n) is 38.5. The van der Waals surface area contributed by atoms with Gasteiger partial charge in [0, 0.05) is 12.8 Å². The van der Waals surface area contributed by atoms with Crippen LogP contribution in [0.15, 0.2) is 0 Å². The van der Waals surface area contributed by atoms with Crippen molar-refractivity contribution in [3.63, 3.8) is 0 Å². The number of carboxylic acid groups (broad SMARTS) is 2. The number of nitrogens with two attached hydrogens (primary N) is 1. The molecule has 0 unspecified atom stereocenters. The fraction of sp³-hybridized carbons (Fsp3) is 0.938. The number of amides is 1. The van der Waals surface area contributed by atoms with E-state index >= 15 is 0 Å². The molecule has 0 aromatic heterocycles. The maximum Gasteiger partial charge on any atom is 0.303 e. The normalized spacial score (nSPS) is 13.6. The summed E-state index contributed by atoms with van der Waals surface area (Å²) in [7, 11) is 0. The van der Waals surface area contributed by atoms with Gasteiger partial charge >= 0.3 is 11.9 Å². The van der Waals surface area contributed by atoms with Crippen molar-refractivity contribution < 1.29 is 50.1 Å². The molecule has 0 saturated carbocycles. The van der Waals surface area contributed by atoms with Crippen molar-refractivity contribution in [2.45, 2.75) is 282 Å². The number of carboxylic acids is 2. The maximum absolute atomic E-state index is 11.6. The third-order valence-corrected chi connectivity index (χ3v) is 11.2. The molecule has 0 fully saturated rings. The second-order valence-electron chi connectivity index (χ2n) is 17.0. The smallest absolute Gasteiger partial charge is 0.303 e. The van der Waals surface area contributed by atoms with Gasteiger partial charge in [0.05, 0.1) is 6.61 Å². The molecule has 9 N–H and O–H groups in total. The van der Waals surface area contributed by atoms with Crippen LogP contribution in [-0.4, -0.2) is 84.1 Å². The molecule has 1 amide bonds. The average Bonchev–Trinajstić information content (AvgIpc) is 3.21. The van der Waals surface area contributed by atoms with E-state index in [4.69, 9.17) is 21.1 Å². The number of rotatable bonds is 42. The van der Waals surface area contributed by atoms with Crippen molar-refractivity contribution in [2.24, 2.45) is 5.73 Å². The first-order valence-corrected chi connectivity index (χ1v) is 24.5. The zero-order valence-corrected chi connectivity index (χ0v) is 38.5. The monoisotopic (exact) mass is 848 g/mol. The minimum Gasteiger partial charge on any atom is -0.481 e. The van der Waals surface area contributed by atoms with Crippen LogP contribution < -0.4 is 5.73 Å². The van der Waals surface area contributed by atoms with Crippen LogP contribution in [0.4, 0.5) is 0 Å². The Morgan fingerprint density at radius 2 is 0.678 bits per heavy atom. The molecule has 11 nitrogen and oxygen atoms in total. The Labute approximate surface area is 361 Å². The SMILES string of the molecule is CCCCCCCCCCCC(=O)O.CCCCCCCCCCCC(=O)O.CCCCCCCCCCCCCCCCCC[C@](O)(C(N)=O)[C@@H](O)[C@H](O)[C@H](O)CO. The highest BCUT2D eigenvalue weighted by molar-refractivity contribution is 5.84. The lowest BCUT2D eigenvalue weighted by Crippen LogP contribution is -2.60. The van der Waals surface area contributed by atoms with Crippen LogP contribution in [0.5, 0.6) is 0 Å². The summed E-state index contributed by atoms with van der Waals surface area (Å²) in [5.74, 6) is -2.47. The standard InChI is InChI=1S/C24H49NO6.2C12H24O2/c1-2-3-4-5-6-7-8-9-10-11-12-13-14-15-16-17-18-24(31,23(25)30)22(29)21(28)20(27)19-26;2*1-2-3-4-5-6-7-8-9-10-11-12(13)14/h20-22,26-29,31H,2-19H2,1H3,(H2,25,30);2*2-11H2,1H3,(H,13,14)/t20-,21-,22+,24-;;/m1../s1. The molecule has 354 valence electrons. The molecule has 0 radical (unpaired) electrons.